The summed E-state index contributed by atoms with van der Waals surface area (Å²) in [6.07, 6.45) is 8.04. The SMILES string of the molecule is C=CC1C[N+]2(Cc3ccccc3)CCC1CC2Cc1ccnc2ccccc12.[Br-]. The van der Waals surface area contributed by atoms with E-state index in [2.05, 4.69) is 78.3 Å². The summed E-state index contributed by atoms with van der Waals surface area (Å²) in [7, 11) is 0. The maximum Gasteiger partial charge on any atom is 0.105 e. The molecule has 3 aliphatic heterocycles. The van der Waals surface area contributed by atoms with Crippen molar-refractivity contribution in [3.8, 4) is 0 Å². The van der Waals surface area contributed by atoms with Crippen molar-refractivity contribution in [2.45, 2.75) is 31.8 Å². The second kappa shape index (κ2) is 8.41. The van der Waals surface area contributed by atoms with Gasteiger partial charge in [0.05, 0.1) is 24.6 Å². The van der Waals surface area contributed by atoms with Crippen LogP contribution >= 0.6 is 0 Å². The molecule has 4 heterocycles. The normalized spacial score (nSPS) is 28.1. The molecule has 0 N–H and O–H groups in total. The second-order valence-electron chi connectivity index (χ2n) is 8.80. The molecular weight excluding hydrogens is 420 g/mol. The average Bonchev–Trinajstić information content (AvgIpc) is 2.75. The summed E-state index contributed by atoms with van der Waals surface area (Å²) in [4.78, 5) is 4.57. The van der Waals surface area contributed by atoms with E-state index in [0.717, 1.165) is 24.4 Å². The van der Waals surface area contributed by atoms with E-state index in [0.29, 0.717) is 12.0 Å². The van der Waals surface area contributed by atoms with Gasteiger partial charge >= 0.3 is 0 Å². The molecule has 0 saturated carbocycles. The lowest BCUT2D eigenvalue weighted by Crippen LogP contribution is -3.00. The molecule has 150 valence electrons. The zero-order chi connectivity index (χ0) is 19.0. The second-order valence-corrected chi connectivity index (χ2v) is 8.80. The monoisotopic (exact) mass is 448 g/mol. The molecule has 3 aromatic rings. The predicted octanol–water partition coefficient (Wildman–Crippen LogP) is 2.39. The fourth-order valence-corrected chi connectivity index (χ4v) is 5.85. The van der Waals surface area contributed by atoms with E-state index < -0.39 is 0 Å². The highest BCUT2D eigenvalue weighted by atomic mass is 79.9. The van der Waals surface area contributed by atoms with E-state index in [9.17, 15) is 0 Å². The van der Waals surface area contributed by atoms with Gasteiger partial charge in [-0.3, -0.25) is 4.98 Å². The minimum atomic E-state index is 0. The Kier molecular flexibility index (Phi) is 5.89. The molecule has 0 amide bonds. The summed E-state index contributed by atoms with van der Waals surface area (Å²) in [6, 6.07) is 22.6. The van der Waals surface area contributed by atoms with Crippen LogP contribution in [0.3, 0.4) is 0 Å². The number of hydrogen-bond donors (Lipinski definition) is 0. The molecule has 0 radical (unpaired) electrons. The van der Waals surface area contributed by atoms with Gasteiger partial charge in [-0.25, -0.2) is 0 Å². The highest BCUT2D eigenvalue weighted by Gasteiger charge is 2.50. The number of fused-ring (bicyclic) bond motifs is 4. The average molecular weight is 449 g/mol. The van der Waals surface area contributed by atoms with E-state index in [4.69, 9.17) is 0 Å². The van der Waals surface area contributed by atoms with Gasteiger partial charge in [0.1, 0.15) is 6.54 Å². The number of para-hydroxylation sites is 1. The predicted molar refractivity (Wildman–Crippen MR) is 116 cm³/mol. The van der Waals surface area contributed by atoms with Crippen molar-refractivity contribution >= 4 is 10.9 Å². The Morgan fingerprint density at radius 3 is 2.66 bits per heavy atom. The number of quaternary nitrogens is 1. The quantitative estimate of drug-likeness (QED) is 0.431. The minimum Gasteiger partial charge on any atom is -1.00 e. The van der Waals surface area contributed by atoms with Crippen molar-refractivity contribution in [3.63, 3.8) is 0 Å². The van der Waals surface area contributed by atoms with Crippen molar-refractivity contribution in [1.29, 1.82) is 0 Å². The van der Waals surface area contributed by atoms with Gasteiger partial charge in [-0.15, -0.1) is 6.58 Å². The van der Waals surface area contributed by atoms with Crippen molar-refractivity contribution in [3.05, 3.63) is 90.6 Å². The molecule has 3 heteroatoms. The summed E-state index contributed by atoms with van der Waals surface area (Å²) < 4.78 is 1.22. The number of nitrogens with zero attached hydrogens (tertiary/aromatic N) is 2. The summed E-state index contributed by atoms with van der Waals surface area (Å²) in [5.74, 6) is 1.48. The van der Waals surface area contributed by atoms with Crippen LogP contribution < -0.4 is 17.0 Å². The number of hydrogen-bond acceptors (Lipinski definition) is 1. The molecule has 2 aromatic carbocycles. The summed E-state index contributed by atoms with van der Waals surface area (Å²) in [6.45, 7) is 7.87. The Labute approximate surface area is 184 Å². The van der Waals surface area contributed by atoms with E-state index in [1.807, 2.05) is 6.20 Å². The van der Waals surface area contributed by atoms with E-state index in [1.165, 1.54) is 46.9 Å². The maximum absolute atomic E-state index is 4.57. The molecule has 29 heavy (non-hydrogen) atoms. The number of rotatable bonds is 5. The molecule has 4 atom stereocenters. The molecule has 3 fully saturated rings. The van der Waals surface area contributed by atoms with E-state index in [-0.39, 0.29) is 17.0 Å². The Morgan fingerprint density at radius 2 is 1.83 bits per heavy atom. The number of halogens is 1. The third kappa shape index (κ3) is 3.78. The molecule has 6 rings (SSSR count). The van der Waals surface area contributed by atoms with Crippen molar-refractivity contribution in [2.75, 3.05) is 13.1 Å². The lowest BCUT2D eigenvalue weighted by molar-refractivity contribution is -0.981. The Morgan fingerprint density at radius 1 is 1.03 bits per heavy atom. The van der Waals surface area contributed by atoms with Crippen LogP contribution in [0, 0.1) is 11.8 Å². The molecule has 2 bridgehead atoms. The van der Waals surface area contributed by atoms with Gasteiger partial charge in [0.2, 0.25) is 0 Å². The van der Waals surface area contributed by atoms with Gasteiger partial charge in [-0.2, -0.15) is 0 Å². The maximum atomic E-state index is 4.57. The van der Waals surface area contributed by atoms with Crippen LogP contribution in [0.4, 0.5) is 0 Å². The molecule has 0 aliphatic carbocycles. The lowest BCUT2D eigenvalue weighted by Gasteiger charge is -2.57. The summed E-state index contributed by atoms with van der Waals surface area (Å²) in [5, 5.41) is 1.32. The third-order valence-corrected chi connectivity index (χ3v) is 7.31. The van der Waals surface area contributed by atoms with Gasteiger partial charge < -0.3 is 21.5 Å². The van der Waals surface area contributed by atoms with Gasteiger partial charge in [0, 0.05) is 42.3 Å². The first-order chi connectivity index (χ1) is 13.8. The Hall–Kier alpha value is -1.97. The topological polar surface area (TPSA) is 12.9 Å². The van der Waals surface area contributed by atoms with E-state index in [1.54, 1.807) is 0 Å². The fraction of sp³-hybridized carbons (Fsp3) is 0.346. The zero-order valence-electron chi connectivity index (χ0n) is 16.9. The third-order valence-electron chi connectivity index (χ3n) is 7.31. The molecule has 1 aromatic heterocycles. The molecule has 3 aliphatic rings. The smallest absolute Gasteiger partial charge is 0.105 e. The van der Waals surface area contributed by atoms with Crippen molar-refractivity contribution in [2.24, 2.45) is 11.8 Å². The van der Waals surface area contributed by atoms with E-state index >= 15 is 0 Å². The lowest BCUT2D eigenvalue weighted by atomic mass is 9.72. The first kappa shape index (κ1) is 20.3. The first-order valence-electron chi connectivity index (χ1n) is 10.6. The van der Waals surface area contributed by atoms with Gasteiger partial charge in [0.15, 0.2) is 0 Å². The van der Waals surface area contributed by atoms with Gasteiger partial charge in [0.25, 0.3) is 0 Å². The standard InChI is InChI=1S/C26H29N2.BrH/c1-2-21-19-28(18-20-8-4-3-5-9-20)15-13-22(21)16-24(28)17-23-12-14-27-26-11-7-6-10-25(23)26;/h2-12,14,21-22,24H,1,13,15-19H2;1H/q+1;/p-1. The van der Waals surface area contributed by atoms with Gasteiger partial charge in [-0.05, 0) is 23.6 Å². The first-order valence-corrected chi connectivity index (χ1v) is 10.6. The fourth-order valence-electron chi connectivity index (χ4n) is 5.85. The molecular formula is C26H29BrN2. The number of benzene rings is 2. The molecule has 3 saturated heterocycles. The molecule has 0 spiro atoms. The zero-order valence-corrected chi connectivity index (χ0v) is 18.5. The van der Waals surface area contributed by atoms with Crippen LogP contribution in [0.5, 0.6) is 0 Å². The van der Waals surface area contributed by atoms with Crippen LogP contribution in [-0.4, -0.2) is 28.6 Å². The van der Waals surface area contributed by atoms with Crippen LogP contribution in [0.1, 0.15) is 24.0 Å². The minimum absolute atomic E-state index is 0. The summed E-state index contributed by atoms with van der Waals surface area (Å²) in [5.41, 5.74) is 4.05. The number of piperidine rings is 3. The largest absolute Gasteiger partial charge is 1.00 e. The highest BCUT2D eigenvalue weighted by molar-refractivity contribution is 5.81. The van der Waals surface area contributed by atoms with Crippen LogP contribution in [0.25, 0.3) is 10.9 Å². The van der Waals surface area contributed by atoms with Crippen LogP contribution in [0.15, 0.2) is 79.5 Å². The number of aromatic nitrogens is 1. The molecule has 4 unspecified atom stereocenters. The Bertz CT molecular complexity index is 981. The Balaban J connectivity index is 0.00000205. The molecule has 2 nitrogen and oxygen atoms in total. The van der Waals surface area contributed by atoms with Crippen LogP contribution in [-0.2, 0) is 13.0 Å². The van der Waals surface area contributed by atoms with Crippen molar-refractivity contribution < 1.29 is 21.5 Å². The summed E-state index contributed by atoms with van der Waals surface area (Å²) >= 11 is 0. The van der Waals surface area contributed by atoms with Crippen molar-refractivity contribution in [1.82, 2.24) is 4.98 Å². The number of pyridine rings is 1. The van der Waals surface area contributed by atoms with Crippen LogP contribution in [0.2, 0.25) is 0 Å². The van der Waals surface area contributed by atoms with Gasteiger partial charge in [-0.1, -0.05) is 54.6 Å². The highest BCUT2D eigenvalue weighted by Crippen LogP contribution is 2.45.